The molecule has 0 aliphatic carbocycles. The molecule has 1 aromatic heterocycles. The summed E-state index contributed by atoms with van der Waals surface area (Å²) in [5.74, 6) is 0.0968. The van der Waals surface area contributed by atoms with Crippen molar-refractivity contribution in [3.8, 4) is 6.07 Å². The fraction of sp³-hybridized carbons (Fsp3) is 0.125. The minimum Gasteiger partial charge on any atom is -0.465 e. The van der Waals surface area contributed by atoms with Crippen molar-refractivity contribution in [3.05, 3.63) is 65.6 Å². The van der Waals surface area contributed by atoms with Crippen LogP contribution < -0.4 is 5.32 Å². The fourth-order valence-corrected chi connectivity index (χ4v) is 1.72. The molecular formula is C16H14N2O2. The van der Waals surface area contributed by atoms with Crippen LogP contribution in [0, 0.1) is 11.3 Å². The van der Waals surface area contributed by atoms with Crippen molar-refractivity contribution in [2.24, 2.45) is 0 Å². The van der Waals surface area contributed by atoms with Gasteiger partial charge in [0.1, 0.15) is 17.4 Å². The van der Waals surface area contributed by atoms with E-state index in [2.05, 4.69) is 5.32 Å². The van der Waals surface area contributed by atoms with E-state index in [1.807, 2.05) is 36.4 Å². The topological polar surface area (TPSA) is 66.0 Å². The lowest BCUT2D eigenvalue weighted by molar-refractivity contribution is -0.117. The van der Waals surface area contributed by atoms with Gasteiger partial charge in [-0.2, -0.15) is 5.26 Å². The number of hydrogen-bond acceptors (Lipinski definition) is 3. The minimum atomic E-state index is -0.389. The van der Waals surface area contributed by atoms with Crippen molar-refractivity contribution < 1.29 is 9.21 Å². The number of carbonyl (C=O) groups excluding carboxylic acids is 1. The van der Waals surface area contributed by atoms with Gasteiger partial charge in [-0.05, 0) is 24.1 Å². The van der Waals surface area contributed by atoms with Gasteiger partial charge in [0.15, 0.2) is 0 Å². The summed E-state index contributed by atoms with van der Waals surface area (Å²) in [6, 6.07) is 15.1. The minimum absolute atomic E-state index is 0.0352. The van der Waals surface area contributed by atoms with E-state index >= 15 is 0 Å². The lowest BCUT2D eigenvalue weighted by Crippen LogP contribution is -2.26. The zero-order valence-corrected chi connectivity index (χ0v) is 10.9. The van der Waals surface area contributed by atoms with Crippen molar-refractivity contribution in [1.29, 1.82) is 5.26 Å². The van der Waals surface area contributed by atoms with Crippen molar-refractivity contribution in [1.82, 2.24) is 5.32 Å². The Kier molecular flexibility index (Phi) is 4.74. The molecule has 2 rings (SSSR count). The summed E-state index contributed by atoms with van der Waals surface area (Å²) in [5, 5.41) is 11.7. The molecule has 1 N–H and O–H groups in total. The highest BCUT2D eigenvalue weighted by atomic mass is 16.3. The fourth-order valence-electron chi connectivity index (χ4n) is 1.72. The van der Waals surface area contributed by atoms with E-state index in [0.29, 0.717) is 12.3 Å². The van der Waals surface area contributed by atoms with E-state index in [9.17, 15) is 4.79 Å². The molecular weight excluding hydrogens is 252 g/mol. The van der Waals surface area contributed by atoms with Crippen molar-refractivity contribution in [2.75, 3.05) is 6.54 Å². The average molecular weight is 266 g/mol. The Bertz CT molecular complexity index is 622. The normalized spacial score (nSPS) is 10.8. The second kappa shape index (κ2) is 6.95. The van der Waals surface area contributed by atoms with E-state index in [-0.39, 0.29) is 11.5 Å². The van der Waals surface area contributed by atoms with E-state index in [4.69, 9.17) is 9.68 Å². The summed E-state index contributed by atoms with van der Waals surface area (Å²) < 4.78 is 5.08. The summed E-state index contributed by atoms with van der Waals surface area (Å²) in [7, 11) is 0. The summed E-state index contributed by atoms with van der Waals surface area (Å²) >= 11 is 0. The number of rotatable bonds is 5. The van der Waals surface area contributed by atoms with Crippen LogP contribution in [0.3, 0.4) is 0 Å². The molecule has 1 heterocycles. The predicted molar refractivity (Wildman–Crippen MR) is 75.5 cm³/mol. The summed E-state index contributed by atoms with van der Waals surface area (Å²) in [5.41, 5.74) is 1.18. The van der Waals surface area contributed by atoms with Crippen LogP contribution in [0.25, 0.3) is 6.08 Å². The molecule has 1 aromatic carbocycles. The lowest BCUT2D eigenvalue weighted by Gasteiger charge is -2.04. The Hall–Kier alpha value is -2.80. The molecule has 0 unspecified atom stereocenters. The third-order valence-electron chi connectivity index (χ3n) is 2.74. The smallest absolute Gasteiger partial charge is 0.262 e. The maximum Gasteiger partial charge on any atom is 0.262 e. The SMILES string of the molecule is N#C/C(=C/c1ccco1)C(=O)NCCc1ccccc1. The first-order valence-electron chi connectivity index (χ1n) is 6.27. The molecule has 2 aromatic rings. The van der Waals surface area contributed by atoms with Crippen molar-refractivity contribution >= 4 is 12.0 Å². The van der Waals surface area contributed by atoms with Crippen LogP contribution in [0.5, 0.6) is 0 Å². The van der Waals surface area contributed by atoms with Crippen LogP contribution in [0.15, 0.2) is 58.7 Å². The van der Waals surface area contributed by atoms with Crippen LogP contribution in [0.2, 0.25) is 0 Å². The van der Waals surface area contributed by atoms with Gasteiger partial charge in [0, 0.05) is 12.6 Å². The largest absolute Gasteiger partial charge is 0.465 e. The Morgan fingerprint density at radius 1 is 1.25 bits per heavy atom. The first-order valence-corrected chi connectivity index (χ1v) is 6.27. The number of hydrogen-bond donors (Lipinski definition) is 1. The number of benzene rings is 1. The molecule has 100 valence electrons. The Morgan fingerprint density at radius 3 is 2.70 bits per heavy atom. The highest BCUT2D eigenvalue weighted by Gasteiger charge is 2.09. The zero-order valence-electron chi connectivity index (χ0n) is 10.9. The van der Waals surface area contributed by atoms with Gasteiger partial charge in [0.05, 0.1) is 6.26 Å². The van der Waals surface area contributed by atoms with Gasteiger partial charge >= 0.3 is 0 Å². The number of amides is 1. The molecule has 1 amide bonds. The average Bonchev–Trinajstić information content (AvgIpc) is 2.98. The summed E-state index contributed by atoms with van der Waals surface area (Å²) in [6.45, 7) is 0.486. The van der Waals surface area contributed by atoms with E-state index in [0.717, 1.165) is 12.0 Å². The quantitative estimate of drug-likeness (QED) is 0.668. The standard InChI is InChI=1S/C16H14N2O2/c17-12-14(11-15-7-4-10-20-15)16(19)18-9-8-13-5-2-1-3-6-13/h1-7,10-11H,8-9H2,(H,18,19)/b14-11-. The van der Waals surface area contributed by atoms with Crippen LogP contribution in [-0.4, -0.2) is 12.5 Å². The van der Waals surface area contributed by atoms with Gasteiger partial charge < -0.3 is 9.73 Å². The van der Waals surface area contributed by atoms with Gasteiger partial charge in [-0.1, -0.05) is 30.3 Å². The second-order valence-corrected chi connectivity index (χ2v) is 4.18. The number of carbonyl (C=O) groups is 1. The van der Waals surface area contributed by atoms with Crippen LogP contribution in [-0.2, 0) is 11.2 Å². The molecule has 0 fully saturated rings. The predicted octanol–water partition coefficient (Wildman–Crippen LogP) is 2.55. The molecule has 0 aliphatic rings. The molecule has 0 spiro atoms. The van der Waals surface area contributed by atoms with E-state index in [1.165, 1.54) is 12.3 Å². The van der Waals surface area contributed by atoms with Gasteiger partial charge in [0.25, 0.3) is 5.91 Å². The maximum atomic E-state index is 11.8. The molecule has 0 saturated heterocycles. The van der Waals surface area contributed by atoms with Gasteiger partial charge in [-0.3, -0.25) is 4.79 Å². The summed E-state index contributed by atoms with van der Waals surface area (Å²) in [6.07, 6.45) is 3.65. The third kappa shape index (κ3) is 3.85. The van der Waals surface area contributed by atoms with Crippen molar-refractivity contribution in [2.45, 2.75) is 6.42 Å². The third-order valence-corrected chi connectivity index (χ3v) is 2.74. The number of nitrogens with zero attached hydrogens (tertiary/aromatic N) is 1. The molecule has 0 radical (unpaired) electrons. The Labute approximate surface area is 117 Å². The Morgan fingerprint density at radius 2 is 2.05 bits per heavy atom. The highest BCUT2D eigenvalue weighted by Crippen LogP contribution is 2.07. The number of nitriles is 1. The second-order valence-electron chi connectivity index (χ2n) is 4.18. The lowest BCUT2D eigenvalue weighted by atomic mass is 10.1. The van der Waals surface area contributed by atoms with Crippen LogP contribution in [0.4, 0.5) is 0 Å². The molecule has 0 aliphatic heterocycles. The number of furan rings is 1. The molecule has 4 nitrogen and oxygen atoms in total. The van der Waals surface area contributed by atoms with E-state index in [1.54, 1.807) is 12.1 Å². The first-order chi connectivity index (χ1) is 9.79. The molecule has 4 heteroatoms. The van der Waals surface area contributed by atoms with E-state index < -0.39 is 0 Å². The summed E-state index contributed by atoms with van der Waals surface area (Å²) in [4.78, 5) is 11.8. The Balaban J connectivity index is 1.89. The maximum absolute atomic E-state index is 11.8. The molecule has 20 heavy (non-hydrogen) atoms. The number of nitrogens with one attached hydrogen (secondary N) is 1. The van der Waals surface area contributed by atoms with Crippen molar-refractivity contribution in [3.63, 3.8) is 0 Å². The van der Waals surface area contributed by atoms with Crippen LogP contribution in [0.1, 0.15) is 11.3 Å². The zero-order chi connectivity index (χ0) is 14.2. The molecule has 0 atom stereocenters. The molecule has 0 bridgehead atoms. The highest BCUT2D eigenvalue weighted by molar-refractivity contribution is 6.01. The molecule has 0 saturated carbocycles. The van der Waals surface area contributed by atoms with Gasteiger partial charge in [0.2, 0.25) is 0 Å². The monoisotopic (exact) mass is 266 g/mol. The van der Waals surface area contributed by atoms with Crippen LogP contribution >= 0.6 is 0 Å². The first kappa shape index (κ1) is 13.6. The van der Waals surface area contributed by atoms with Gasteiger partial charge in [-0.25, -0.2) is 0 Å². The van der Waals surface area contributed by atoms with Gasteiger partial charge in [-0.15, -0.1) is 0 Å².